The Bertz CT molecular complexity index is 558. The molecule has 2 nitrogen and oxygen atoms in total. The molecule has 2 aromatic rings. The molecule has 0 bridgehead atoms. The third-order valence-electron chi connectivity index (χ3n) is 3.26. The highest BCUT2D eigenvalue weighted by Crippen LogP contribution is 2.27. The van der Waals surface area contributed by atoms with E-state index in [1.165, 1.54) is 18.2 Å². The fourth-order valence-electron chi connectivity index (χ4n) is 1.99. The van der Waals surface area contributed by atoms with E-state index in [2.05, 4.69) is 11.4 Å². The summed E-state index contributed by atoms with van der Waals surface area (Å²) >= 11 is 0. The first kappa shape index (κ1) is 10.3. The fourth-order valence-corrected chi connectivity index (χ4v) is 1.99. The van der Waals surface area contributed by atoms with E-state index in [-0.39, 0.29) is 5.91 Å². The van der Waals surface area contributed by atoms with Gasteiger partial charge in [0, 0.05) is 12.1 Å². The van der Waals surface area contributed by atoms with Crippen molar-refractivity contribution < 1.29 is 4.79 Å². The molecule has 0 saturated heterocycles. The summed E-state index contributed by atoms with van der Waals surface area (Å²) in [6.07, 6.45) is 2.52. The molecular weight excluding hydrogens is 210 g/mol. The van der Waals surface area contributed by atoms with Gasteiger partial charge in [0.1, 0.15) is 0 Å². The number of rotatable bonds is 3. The van der Waals surface area contributed by atoms with Crippen LogP contribution in [-0.2, 0) is 0 Å². The first-order valence-electron chi connectivity index (χ1n) is 6.10. The lowest BCUT2D eigenvalue weighted by Gasteiger charge is -2.05. The molecule has 17 heavy (non-hydrogen) atoms. The van der Waals surface area contributed by atoms with Crippen LogP contribution in [0.4, 0.5) is 0 Å². The van der Waals surface area contributed by atoms with Gasteiger partial charge in [-0.3, -0.25) is 4.79 Å². The summed E-state index contributed by atoms with van der Waals surface area (Å²) in [7, 11) is 0. The SMILES string of the molecule is O=C(NCC1CC1)c1ccc2ccccc2c1. The van der Waals surface area contributed by atoms with Crippen molar-refractivity contribution in [2.75, 3.05) is 6.54 Å². The molecule has 2 heteroatoms. The molecule has 0 radical (unpaired) electrons. The van der Waals surface area contributed by atoms with Crippen LogP contribution in [0.3, 0.4) is 0 Å². The molecule has 0 aliphatic heterocycles. The van der Waals surface area contributed by atoms with Crippen molar-refractivity contribution in [2.24, 2.45) is 5.92 Å². The topological polar surface area (TPSA) is 29.1 Å². The first-order chi connectivity index (χ1) is 8.33. The molecule has 1 aliphatic carbocycles. The smallest absolute Gasteiger partial charge is 0.251 e. The minimum atomic E-state index is 0.0441. The minimum absolute atomic E-state index is 0.0441. The number of carbonyl (C=O) groups is 1. The van der Waals surface area contributed by atoms with E-state index < -0.39 is 0 Å². The van der Waals surface area contributed by atoms with E-state index in [9.17, 15) is 4.79 Å². The summed E-state index contributed by atoms with van der Waals surface area (Å²) in [4.78, 5) is 11.9. The second-order valence-corrected chi connectivity index (χ2v) is 4.72. The van der Waals surface area contributed by atoms with Gasteiger partial charge in [0.05, 0.1) is 0 Å². The van der Waals surface area contributed by atoms with Gasteiger partial charge >= 0.3 is 0 Å². The van der Waals surface area contributed by atoms with Crippen LogP contribution in [0.15, 0.2) is 42.5 Å². The van der Waals surface area contributed by atoms with Gasteiger partial charge in [0.15, 0.2) is 0 Å². The van der Waals surface area contributed by atoms with Gasteiger partial charge in [0.2, 0.25) is 0 Å². The number of nitrogens with one attached hydrogen (secondary N) is 1. The summed E-state index contributed by atoms with van der Waals surface area (Å²) in [5.41, 5.74) is 0.754. The van der Waals surface area contributed by atoms with E-state index >= 15 is 0 Å². The van der Waals surface area contributed by atoms with Crippen molar-refractivity contribution in [3.8, 4) is 0 Å². The second kappa shape index (κ2) is 4.21. The number of amides is 1. The molecule has 3 rings (SSSR count). The van der Waals surface area contributed by atoms with Crippen LogP contribution in [0.5, 0.6) is 0 Å². The zero-order valence-electron chi connectivity index (χ0n) is 9.65. The van der Waals surface area contributed by atoms with Gasteiger partial charge in [-0.05, 0) is 41.7 Å². The predicted octanol–water partition coefficient (Wildman–Crippen LogP) is 2.98. The van der Waals surface area contributed by atoms with Crippen LogP contribution in [0.2, 0.25) is 0 Å². The maximum absolute atomic E-state index is 11.9. The van der Waals surface area contributed by atoms with Gasteiger partial charge in [-0.15, -0.1) is 0 Å². The van der Waals surface area contributed by atoms with Gasteiger partial charge in [-0.2, -0.15) is 0 Å². The summed E-state index contributed by atoms with van der Waals surface area (Å²) in [5, 5.41) is 5.28. The van der Waals surface area contributed by atoms with Crippen molar-refractivity contribution in [1.29, 1.82) is 0 Å². The molecule has 0 unspecified atom stereocenters. The minimum Gasteiger partial charge on any atom is -0.352 e. The molecule has 0 heterocycles. The van der Waals surface area contributed by atoms with E-state index in [0.29, 0.717) is 0 Å². The molecule has 1 fully saturated rings. The lowest BCUT2D eigenvalue weighted by molar-refractivity contribution is 0.0952. The summed E-state index contributed by atoms with van der Waals surface area (Å²) < 4.78 is 0. The Labute approximate surface area is 101 Å². The summed E-state index contributed by atoms with van der Waals surface area (Å²) in [6, 6.07) is 13.9. The van der Waals surface area contributed by atoms with Crippen molar-refractivity contribution in [2.45, 2.75) is 12.8 Å². The molecule has 86 valence electrons. The molecular formula is C15H15NO. The van der Waals surface area contributed by atoms with Crippen LogP contribution >= 0.6 is 0 Å². The Kier molecular flexibility index (Phi) is 2.56. The zero-order valence-corrected chi connectivity index (χ0v) is 9.65. The van der Waals surface area contributed by atoms with E-state index in [0.717, 1.165) is 23.4 Å². The van der Waals surface area contributed by atoms with Crippen LogP contribution in [0.1, 0.15) is 23.2 Å². The van der Waals surface area contributed by atoms with Crippen LogP contribution in [0, 0.1) is 5.92 Å². The van der Waals surface area contributed by atoms with Crippen molar-refractivity contribution >= 4 is 16.7 Å². The molecule has 1 saturated carbocycles. The molecule has 1 amide bonds. The average Bonchev–Trinajstić information content (AvgIpc) is 3.19. The Morgan fingerprint density at radius 3 is 2.65 bits per heavy atom. The van der Waals surface area contributed by atoms with Crippen molar-refractivity contribution in [3.63, 3.8) is 0 Å². The highest BCUT2D eigenvalue weighted by atomic mass is 16.1. The Morgan fingerprint density at radius 2 is 1.88 bits per heavy atom. The fraction of sp³-hybridized carbons (Fsp3) is 0.267. The molecule has 1 N–H and O–H groups in total. The predicted molar refractivity (Wildman–Crippen MR) is 69.0 cm³/mol. The van der Waals surface area contributed by atoms with Crippen molar-refractivity contribution in [1.82, 2.24) is 5.32 Å². The quantitative estimate of drug-likeness (QED) is 0.854. The Balaban J connectivity index is 1.81. The number of carbonyl (C=O) groups excluding carboxylic acids is 1. The Morgan fingerprint density at radius 1 is 1.12 bits per heavy atom. The van der Waals surface area contributed by atoms with Crippen LogP contribution in [0.25, 0.3) is 10.8 Å². The molecule has 1 aliphatic rings. The molecule has 0 spiro atoms. The highest BCUT2D eigenvalue weighted by Gasteiger charge is 2.21. The standard InChI is InChI=1S/C15H15NO/c17-15(16-10-11-5-6-11)14-8-7-12-3-1-2-4-13(12)9-14/h1-4,7-9,11H,5-6,10H2,(H,16,17). The largest absolute Gasteiger partial charge is 0.352 e. The summed E-state index contributed by atoms with van der Waals surface area (Å²) in [5.74, 6) is 0.766. The van der Waals surface area contributed by atoms with Gasteiger partial charge in [-0.1, -0.05) is 30.3 Å². The Hall–Kier alpha value is -1.83. The second-order valence-electron chi connectivity index (χ2n) is 4.72. The van der Waals surface area contributed by atoms with Crippen LogP contribution < -0.4 is 5.32 Å². The van der Waals surface area contributed by atoms with Gasteiger partial charge in [0.25, 0.3) is 5.91 Å². The first-order valence-corrected chi connectivity index (χ1v) is 6.10. The molecule has 2 aromatic carbocycles. The van der Waals surface area contributed by atoms with E-state index in [1.807, 2.05) is 36.4 Å². The number of hydrogen-bond acceptors (Lipinski definition) is 1. The van der Waals surface area contributed by atoms with Crippen molar-refractivity contribution in [3.05, 3.63) is 48.0 Å². The average molecular weight is 225 g/mol. The van der Waals surface area contributed by atoms with E-state index in [4.69, 9.17) is 0 Å². The van der Waals surface area contributed by atoms with Gasteiger partial charge < -0.3 is 5.32 Å². The maximum Gasteiger partial charge on any atom is 0.251 e. The van der Waals surface area contributed by atoms with Gasteiger partial charge in [-0.25, -0.2) is 0 Å². The highest BCUT2D eigenvalue weighted by molar-refractivity contribution is 5.98. The zero-order chi connectivity index (χ0) is 11.7. The third-order valence-corrected chi connectivity index (χ3v) is 3.26. The number of hydrogen-bond donors (Lipinski definition) is 1. The number of benzene rings is 2. The number of fused-ring (bicyclic) bond motifs is 1. The normalized spacial score (nSPS) is 14.8. The monoisotopic (exact) mass is 225 g/mol. The third kappa shape index (κ3) is 2.31. The molecule has 0 aromatic heterocycles. The van der Waals surface area contributed by atoms with E-state index in [1.54, 1.807) is 0 Å². The maximum atomic E-state index is 11.9. The molecule has 0 atom stereocenters. The van der Waals surface area contributed by atoms with Crippen LogP contribution in [-0.4, -0.2) is 12.5 Å². The lowest BCUT2D eigenvalue weighted by Crippen LogP contribution is -2.25. The summed E-state index contributed by atoms with van der Waals surface area (Å²) in [6.45, 7) is 0.825. The lowest BCUT2D eigenvalue weighted by atomic mass is 10.1.